The number of benzene rings is 3. The molecule has 1 aromatic heterocycles. The number of sulfonamides is 1. The molecular formula is C24H17ClN6O5S. The van der Waals surface area contributed by atoms with E-state index in [1.54, 1.807) is 48.5 Å². The summed E-state index contributed by atoms with van der Waals surface area (Å²) in [6, 6.07) is 18.9. The number of hydrogen-bond donors (Lipinski definition) is 2. The van der Waals surface area contributed by atoms with Crippen LogP contribution in [0.1, 0.15) is 5.56 Å². The zero-order chi connectivity index (χ0) is 26.2. The van der Waals surface area contributed by atoms with Crippen LogP contribution in [0.15, 0.2) is 82.8 Å². The number of anilines is 1. The molecule has 37 heavy (non-hydrogen) atoms. The molecule has 0 unspecified atom stereocenters. The van der Waals surface area contributed by atoms with Gasteiger partial charge in [0, 0.05) is 33.8 Å². The third-order valence-corrected chi connectivity index (χ3v) is 7.62. The molecule has 0 bridgehead atoms. The van der Waals surface area contributed by atoms with E-state index in [-0.39, 0.29) is 16.3 Å². The lowest BCUT2D eigenvalue weighted by Crippen LogP contribution is -2.41. The molecule has 0 saturated carbocycles. The van der Waals surface area contributed by atoms with E-state index in [1.165, 1.54) is 30.5 Å². The van der Waals surface area contributed by atoms with Crippen molar-refractivity contribution in [2.45, 2.75) is 4.90 Å². The SMILES string of the molecule is O=C(CN1c2c(-c3cccc(Cl)c3)n[nH]c2-c2ccccc2S1(=O)=O)N/N=C/c1cccc([N+](=O)[O-])c1. The Hall–Kier alpha value is -4.55. The number of nitro benzene ring substituents is 1. The highest BCUT2D eigenvalue weighted by Gasteiger charge is 2.39. The molecule has 186 valence electrons. The van der Waals surface area contributed by atoms with E-state index in [2.05, 4.69) is 20.7 Å². The molecule has 11 nitrogen and oxygen atoms in total. The van der Waals surface area contributed by atoms with Gasteiger partial charge in [0.25, 0.3) is 21.6 Å². The first kappa shape index (κ1) is 24.2. The van der Waals surface area contributed by atoms with Crippen LogP contribution in [0.3, 0.4) is 0 Å². The number of hydrazone groups is 1. The van der Waals surface area contributed by atoms with Crippen LogP contribution in [-0.2, 0) is 14.8 Å². The van der Waals surface area contributed by atoms with Crippen molar-refractivity contribution in [3.8, 4) is 22.5 Å². The molecule has 0 atom stereocenters. The summed E-state index contributed by atoms with van der Waals surface area (Å²) in [7, 11) is -4.14. The Balaban J connectivity index is 1.49. The van der Waals surface area contributed by atoms with Crippen LogP contribution in [0, 0.1) is 10.1 Å². The fourth-order valence-electron chi connectivity index (χ4n) is 3.97. The monoisotopic (exact) mass is 536 g/mol. The highest BCUT2D eigenvalue weighted by molar-refractivity contribution is 7.93. The highest BCUT2D eigenvalue weighted by Crippen LogP contribution is 2.46. The molecule has 0 aliphatic carbocycles. The van der Waals surface area contributed by atoms with Gasteiger partial charge in [-0.15, -0.1) is 0 Å². The Bertz CT molecular complexity index is 1680. The van der Waals surface area contributed by atoms with E-state index in [1.807, 2.05) is 0 Å². The maximum absolute atomic E-state index is 13.6. The van der Waals surface area contributed by atoms with Crippen molar-refractivity contribution in [2.75, 3.05) is 10.8 Å². The van der Waals surface area contributed by atoms with Crippen molar-refractivity contribution >= 4 is 45.1 Å². The van der Waals surface area contributed by atoms with Crippen LogP contribution in [0.2, 0.25) is 5.02 Å². The number of fused-ring (bicyclic) bond motifs is 3. The number of H-pyrrole nitrogens is 1. The Morgan fingerprint density at radius 1 is 1.14 bits per heavy atom. The molecule has 1 aliphatic rings. The van der Waals surface area contributed by atoms with Crippen molar-refractivity contribution in [3.05, 3.63) is 93.5 Å². The largest absolute Gasteiger partial charge is 0.275 e. The van der Waals surface area contributed by atoms with Gasteiger partial charge in [-0.3, -0.25) is 24.3 Å². The second-order valence-electron chi connectivity index (χ2n) is 7.96. The van der Waals surface area contributed by atoms with E-state index in [4.69, 9.17) is 11.6 Å². The molecule has 0 fully saturated rings. The minimum atomic E-state index is -4.14. The van der Waals surface area contributed by atoms with Gasteiger partial charge in [0.2, 0.25) is 0 Å². The first-order valence-electron chi connectivity index (χ1n) is 10.8. The minimum Gasteiger partial charge on any atom is -0.275 e. The first-order chi connectivity index (χ1) is 17.8. The molecule has 1 amide bonds. The molecule has 0 saturated heterocycles. The van der Waals surface area contributed by atoms with E-state index >= 15 is 0 Å². The molecule has 2 heterocycles. The lowest BCUT2D eigenvalue weighted by molar-refractivity contribution is -0.384. The summed E-state index contributed by atoms with van der Waals surface area (Å²) in [5, 5.41) is 22.5. The summed E-state index contributed by atoms with van der Waals surface area (Å²) in [5.74, 6) is -0.728. The number of halogens is 1. The minimum absolute atomic E-state index is 0.0247. The zero-order valence-corrected chi connectivity index (χ0v) is 20.4. The molecular weight excluding hydrogens is 520 g/mol. The van der Waals surface area contributed by atoms with Gasteiger partial charge in [0.15, 0.2) is 0 Å². The number of non-ortho nitro benzene ring substituents is 1. The fourth-order valence-corrected chi connectivity index (χ4v) is 5.80. The third-order valence-electron chi connectivity index (χ3n) is 5.58. The lowest BCUT2D eigenvalue weighted by Gasteiger charge is -2.29. The van der Waals surface area contributed by atoms with Crippen molar-refractivity contribution in [1.29, 1.82) is 0 Å². The topological polar surface area (TPSA) is 151 Å². The van der Waals surface area contributed by atoms with E-state index < -0.39 is 27.4 Å². The van der Waals surface area contributed by atoms with Crippen LogP contribution in [0.25, 0.3) is 22.5 Å². The zero-order valence-electron chi connectivity index (χ0n) is 18.8. The molecule has 5 rings (SSSR count). The van der Waals surface area contributed by atoms with Crippen molar-refractivity contribution < 1.29 is 18.1 Å². The standard InChI is InChI=1S/C24H17ClN6O5S/c25-17-7-4-6-16(12-17)22-24-23(29-28-22)19-9-1-2-10-20(19)37(35,36)30(24)14-21(32)27-26-13-15-5-3-8-18(11-15)31(33)34/h1-13H,14H2,(H,27,32)(H,28,29)/b26-13+. The molecule has 3 aromatic carbocycles. The number of nitro groups is 1. The second kappa shape index (κ2) is 9.48. The normalized spacial score (nSPS) is 13.7. The maximum Gasteiger partial charge on any atom is 0.270 e. The Morgan fingerprint density at radius 3 is 2.70 bits per heavy atom. The smallest absolute Gasteiger partial charge is 0.270 e. The number of hydrogen-bond acceptors (Lipinski definition) is 7. The summed E-state index contributed by atoms with van der Waals surface area (Å²) >= 11 is 6.15. The van der Waals surface area contributed by atoms with Gasteiger partial charge >= 0.3 is 0 Å². The van der Waals surface area contributed by atoms with E-state index in [0.29, 0.717) is 33.1 Å². The van der Waals surface area contributed by atoms with Gasteiger partial charge in [-0.2, -0.15) is 10.2 Å². The highest BCUT2D eigenvalue weighted by atomic mass is 35.5. The van der Waals surface area contributed by atoms with Crippen LogP contribution in [0.5, 0.6) is 0 Å². The maximum atomic E-state index is 13.6. The number of nitrogens with zero attached hydrogens (tertiary/aromatic N) is 4. The molecule has 13 heteroatoms. The van der Waals surface area contributed by atoms with Gasteiger partial charge in [0.1, 0.15) is 17.9 Å². The van der Waals surface area contributed by atoms with E-state index in [9.17, 15) is 23.3 Å². The van der Waals surface area contributed by atoms with Crippen molar-refractivity contribution in [1.82, 2.24) is 15.6 Å². The second-order valence-corrected chi connectivity index (χ2v) is 10.2. The molecule has 0 radical (unpaired) electrons. The number of amides is 1. The summed E-state index contributed by atoms with van der Waals surface area (Å²) in [6.07, 6.45) is 1.23. The summed E-state index contributed by atoms with van der Waals surface area (Å²) in [4.78, 5) is 23.2. The molecule has 4 aromatic rings. The number of nitrogens with one attached hydrogen (secondary N) is 2. The number of aromatic nitrogens is 2. The van der Waals surface area contributed by atoms with Gasteiger partial charge in [-0.1, -0.05) is 54.1 Å². The quantitative estimate of drug-likeness (QED) is 0.216. The lowest BCUT2D eigenvalue weighted by atomic mass is 10.1. The molecule has 2 N–H and O–H groups in total. The first-order valence-corrected chi connectivity index (χ1v) is 12.6. The number of aromatic amines is 1. The van der Waals surface area contributed by atoms with Gasteiger partial charge in [-0.25, -0.2) is 13.8 Å². The Kier molecular flexibility index (Phi) is 6.19. The number of carbonyl (C=O) groups excluding carboxylic acids is 1. The van der Waals surface area contributed by atoms with Gasteiger partial charge in [0.05, 0.1) is 21.7 Å². The van der Waals surface area contributed by atoms with Crippen molar-refractivity contribution in [2.24, 2.45) is 5.10 Å². The van der Waals surface area contributed by atoms with Gasteiger partial charge < -0.3 is 0 Å². The fraction of sp³-hybridized carbons (Fsp3) is 0.0417. The predicted molar refractivity (Wildman–Crippen MR) is 138 cm³/mol. The van der Waals surface area contributed by atoms with Crippen molar-refractivity contribution in [3.63, 3.8) is 0 Å². The third kappa shape index (κ3) is 4.55. The average molecular weight is 537 g/mol. The molecule has 0 spiro atoms. The predicted octanol–water partition coefficient (Wildman–Crippen LogP) is 3.96. The molecule has 1 aliphatic heterocycles. The average Bonchev–Trinajstić information content (AvgIpc) is 3.32. The number of rotatable bonds is 6. The van der Waals surface area contributed by atoms with Gasteiger partial charge in [-0.05, 0) is 18.2 Å². The van der Waals surface area contributed by atoms with Crippen LogP contribution >= 0.6 is 11.6 Å². The summed E-state index contributed by atoms with van der Waals surface area (Å²) in [5.41, 5.74) is 4.48. The number of carbonyl (C=O) groups is 1. The van der Waals surface area contributed by atoms with Crippen LogP contribution in [0.4, 0.5) is 11.4 Å². The summed E-state index contributed by atoms with van der Waals surface area (Å²) < 4.78 is 28.2. The summed E-state index contributed by atoms with van der Waals surface area (Å²) in [6.45, 7) is -0.594. The van der Waals surface area contributed by atoms with Crippen LogP contribution < -0.4 is 9.73 Å². The Morgan fingerprint density at radius 2 is 1.92 bits per heavy atom. The van der Waals surface area contributed by atoms with E-state index in [0.717, 1.165) is 4.31 Å². The van der Waals surface area contributed by atoms with Crippen LogP contribution in [-0.4, -0.2) is 42.2 Å². The Labute approximate surface area is 215 Å².